The molecule has 5 rings (SSSR count). The van der Waals surface area contributed by atoms with E-state index in [1.54, 1.807) is 19.5 Å². The lowest BCUT2D eigenvalue weighted by molar-refractivity contribution is 0.413. The zero-order chi connectivity index (χ0) is 22.2. The highest BCUT2D eigenvalue weighted by molar-refractivity contribution is 5.96. The van der Waals surface area contributed by atoms with Gasteiger partial charge in [-0.05, 0) is 60.0 Å². The third-order valence-electron chi connectivity index (χ3n) is 5.63. The number of methoxy groups -OCH3 is 1. The summed E-state index contributed by atoms with van der Waals surface area (Å²) >= 11 is 0. The number of aryl methyl sites for hydroxylation is 1. The molecular formula is C26H21F2N3O. The third kappa shape index (κ3) is 3.54. The van der Waals surface area contributed by atoms with Crippen LogP contribution in [0.5, 0.6) is 5.75 Å². The van der Waals surface area contributed by atoms with E-state index in [1.807, 2.05) is 58.8 Å². The van der Waals surface area contributed by atoms with E-state index < -0.39 is 11.6 Å². The van der Waals surface area contributed by atoms with Gasteiger partial charge >= 0.3 is 0 Å². The summed E-state index contributed by atoms with van der Waals surface area (Å²) in [7, 11) is 1.66. The van der Waals surface area contributed by atoms with Crippen LogP contribution in [0.4, 0.5) is 8.78 Å². The third-order valence-corrected chi connectivity index (χ3v) is 5.63. The summed E-state index contributed by atoms with van der Waals surface area (Å²) < 4.78 is 36.6. The molecule has 0 unspecified atom stereocenters. The Kier molecular flexibility index (Phi) is 4.98. The van der Waals surface area contributed by atoms with Crippen LogP contribution in [0.15, 0.2) is 79.4 Å². The van der Waals surface area contributed by atoms with Gasteiger partial charge in [0.2, 0.25) is 0 Å². The quantitative estimate of drug-likeness (QED) is 0.336. The van der Waals surface area contributed by atoms with E-state index in [4.69, 9.17) is 4.74 Å². The van der Waals surface area contributed by atoms with E-state index in [9.17, 15) is 8.78 Å². The van der Waals surface area contributed by atoms with Crippen molar-refractivity contribution >= 4 is 10.9 Å². The number of benzene rings is 3. The van der Waals surface area contributed by atoms with E-state index in [-0.39, 0.29) is 0 Å². The first-order chi connectivity index (χ1) is 15.5. The van der Waals surface area contributed by atoms with E-state index in [2.05, 4.69) is 17.1 Å². The molecule has 0 aliphatic carbocycles. The van der Waals surface area contributed by atoms with Gasteiger partial charge in [-0.3, -0.25) is 0 Å². The predicted molar refractivity (Wildman–Crippen MR) is 121 cm³/mol. The zero-order valence-corrected chi connectivity index (χ0v) is 17.7. The fourth-order valence-electron chi connectivity index (χ4n) is 4.06. The molecule has 6 heteroatoms. The van der Waals surface area contributed by atoms with Crippen molar-refractivity contribution in [2.24, 2.45) is 0 Å². The van der Waals surface area contributed by atoms with E-state index in [0.717, 1.165) is 45.2 Å². The van der Waals surface area contributed by atoms with Crippen LogP contribution in [0.1, 0.15) is 11.3 Å². The average molecular weight is 429 g/mol. The van der Waals surface area contributed by atoms with Gasteiger partial charge in [0, 0.05) is 29.8 Å². The van der Waals surface area contributed by atoms with Gasteiger partial charge < -0.3 is 13.9 Å². The number of ether oxygens (including phenoxy) is 1. The monoisotopic (exact) mass is 429 g/mol. The molecule has 5 aromatic rings. The number of fused-ring (bicyclic) bond motifs is 1. The summed E-state index contributed by atoms with van der Waals surface area (Å²) in [6.07, 6.45) is 5.69. The molecule has 0 aliphatic heterocycles. The van der Waals surface area contributed by atoms with E-state index in [1.165, 1.54) is 6.07 Å². The standard InChI is InChI=1S/C26H21F2N3O/c1-17-14-31(16-29-17)25-9-7-19(13-26(25)32-2)20-4-3-5-24-21(20)10-11-30(24)15-18-6-8-22(27)23(28)12-18/h3-14,16H,15H2,1-2H3. The fourth-order valence-corrected chi connectivity index (χ4v) is 4.06. The smallest absolute Gasteiger partial charge is 0.159 e. The zero-order valence-electron chi connectivity index (χ0n) is 17.7. The largest absolute Gasteiger partial charge is 0.495 e. The second-order valence-corrected chi connectivity index (χ2v) is 7.74. The summed E-state index contributed by atoms with van der Waals surface area (Å²) in [5, 5.41) is 1.07. The van der Waals surface area contributed by atoms with E-state index in [0.29, 0.717) is 12.1 Å². The molecule has 0 fully saturated rings. The number of hydrogen-bond acceptors (Lipinski definition) is 2. The summed E-state index contributed by atoms with van der Waals surface area (Å²) in [4.78, 5) is 4.30. The molecule has 0 aliphatic rings. The topological polar surface area (TPSA) is 32.0 Å². The molecule has 4 nitrogen and oxygen atoms in total. The van der Waals surface area contributed by atoms with Crippen LogP contribution in [-0.2, 0) is 6.54 Å². The molecule has 0 N–H and O–H groups in total. The first-order valence-corrected chi connectivity index (χ1v) is 10.2. The Balaban J connectivity index is 1.54. The number of halogens is 2. The van der Waals surface area contributed by atoms with E-state index >= 15 is 0 Å². The van der Waals surface area contributed by atoms with Crippen LogP contribution >= 0.6 is 0 Å². The second-order valence-electron chi connectivity index (χ2n) is 7.74. The van der Waals surface area contributed by atoms with Crippen molar-refractivity contribution in [2.45, 2.75) is 13.5 Å². The van der Waals surface area contributed by atoms with Crippen LogP contribution in [0, 0.1) is 18.6 Å². The minimum Gasteiger partial charge on any atom is -0.495 e. The minimum absolute atomic E-state index is 0.451. The molecule has 0 amide bonds. The number of imidazole rings is 1. The molecule has 0 radical (unpaired) electrons. The second kappa shape index (κ2) is 7.96. The van der Waals surface area contributed by atoms with Crippen molar-refractivity contribution in [3.05, 3.63) is 102 Å². The SMILES string of the molecule is COc1cc(-c2cccc3c2ccn3Cc2ccc(F)c(F)c2)ccc1-n1cnc(C)c1. The van der Waals surface area contributed by atoms with Gasteiger partial charge in [-0.1, -0.05) is 24.3 Å². The maximum Gasteiger partial charge on any atom is 0.159 e. The summed E-state index contributed by atoms with van der Waals surface area (Å²) in [5.74, 6) is -0.922. The molecule has 2 heterocycles. The van der Waals surface area contributed by atoms with Crippen molar-refractivity contribution in [1.29, 1.82) is 0 Å². The van der Waals surface area contributed by atoms with Crippen LogP contribution in [0.3, 0.4) is 0 Å². The molecule has 0 bridgehead atoms. The van der Waals surface area contributed by atoms with Gasteiger partial charge in [-0.25, -0.2) is 13.8 Å². The fraction of sp³-hybridized carbons (Fsp3) is 0.115. The Labute approximate surface area is 184 Å². The van der Waals surface area contributed by atoms with Crippen LogP contribution < -0.4 is 4.74 Å². The van der Waals surface area contributed by atoms with Gasteiger partial charge in [0.25, 0.3) is 0 Å². The highest BCUT2D eigenvalue weighted by atomic mass is 19.2. The number of nitrogens with zero attached hydrogens (tertiary/aromatic N) is 3. The van der Waals surface area contributed by atoms with Gasteiger partial charge in [-0.15, -0.1) is 0 Å². The lowest BCUT2D eigenvalue weighted by Crippen LogP contribution is -1.99. The van der Waals surface area contributed by atoms with Gasteiger partial charge in [-0.2, -0.15) is 0 Å². The Morgan fingerprint density at radius 1 is 0.969 bits per heavy atom. The molecule has 32 heavy (non-hydrogen) atoms. The minimum atomic E-state index is -0.836. The van der Waals surface area contributed by atoms with Crippen LogP contribution in [0.2, 0.25) is 0 Å². The maximum atomic E-state index is 13.6. The molecule has 160 valence electrons. The molecule has 0 saturated heterocycles. The average Bonchev–Trinajstić information content (AvgIpc) is 3.42. The lowest BCUT2D eigenvalue weighted by Gasteiger charge is -2.13. The van der Waals surface area contributed by atoms with Crippen LogP contribution in [0.25, 0.3) is 27.7 Å². The Hall–Kier alpha value is -3.93. The first kappa shape index (κ1) is 20.0. The summed E-state index contributed by atoms with van der Waals surface area (Å²) in [5.41, 5.74) is 5.66. The Morgan fingerprint density at radius 2 is 1.84 bits per heavy atom. The van der Waals surface area contributed by atoms with Gasteiger partial charge in [0.15, 0.2) is 11.6 Å². The highest BCUT2D eigenvalue weighted by Crippen LogP contribution is 2.34. The molecule has 2 aromatic heterocycles. The van der Waals surface area contributed by atoms with Gasteiger partial charge in [0.1, 0.15) is 5.75 Å². The molecule has 0 spiro atoms. The number of hydrogen-bond donors (Lipinski definition) is 0. The van der Waals surface area contributed by atoms with Crippen molar-refractivity contribution in [2.75, 3.05) is 7.11 Å². The van der Waals surface area contributed by atoms with Crippen LogP contribution in [-0.4, -0.2) is 21.2 Å². The van der Waals surface area contributed by atoms with Gasteiger partial charge in [0.05, 0.1) is 24.8 Å². The Morgan fingerprint density at radius 3 is 2.59 bits per heavy atom. The number of aromatic nitrogens is 3. The normalized spacial score (nSPS) is 11.2. The molecule has 0 atom stereocenters. The highest BCUT2D eigenvalue weighted by Gasteiger charge is 2.12. The van der Waals surface area contributed by atoms with Crippen molar-refractivity contribution in [3.8, 4) is 22.6 Å². The Bertz CT molecular complexity index is 1430. The van der Waals surface area contributed by atoms with Crippen molar-refractivity contribution in [3.63, 3.8) is 0 Å². The molecule has 3 aromatic carbocycles. The van der Waals surface area contributed by atoms with Crippen molar-refractivity contribution in [1.82, 2.24) is 14.1 Å². The lowest BCUT2D eigenvalue weighted by atomic mass is 10.0. The summed E-state index contributed by atoms with van der Waals surface area (Å²) in [6, 6.07) is 18.3. The van der Waals surface area contributed by atoms with Crippen molar-refractivity contribution < 1.29 is 13.5 Å². The molecular weight excluding hydrogens is 408 g/mol. The predicted octanol–water partition coefficient (Wildman–Crippen LogP) is 6.14. The first-order valence-electron chi connectivity index (χ1n) is 10.2. The summed E-state index contributed by atoms with van der Waals surface area (Å²) in [6.45, 7) is 2.40. The molecule has 0 saturated carbocycles. The maximum absolute atomic E-state index is 13.6. The number of rotatable bonds is 5.